The lowest BCUT2D eigenvalue weighted by molar-refractivity contribution is 0.110. The number of nitrogens with one attached hydrogen (secondary N) is 1. The van der Waals surface area contributed by atoms with E-state index in [1.165, 1.54) is 12.8 Å². The summed E-state index contributed by atoms with van der Waals surface area (Å²) in [7, 11) is 0. The standard InChI is InChI=1S/C16H21ClFN/c1-11(2)19-10-16(8-15(9-16)6-7-15)12-4-3-5-13(17)14(12)18/h3-5,11,19H,6-10H2,1-2H3. The highest BCUT2D eigenvalue weighted by atomic mass is 35.5. The minimum absolute atomic E-state index is 0.0459. The van der Waals surface area contributed by atoms with Gasteiger partial charge in [0.1, 0.15) is 5.82 Å². The van der Waals surface area contributed by atoms with Crippen LogP contribution in [0, 0.1) is 11.2 Å². The molecule has 0 amide bonds. The van der Waals surface area contributed by atoms with Crippen LogP contribution in [0.2, 0.25) is 5.02 Å². The SMILES string of the molecule is CC(C)NCC1(c2cccc(Cl)c2F)CC2(CC2)C1. The van der Waals surface area contributed by atoms with Crippen molar-refractivity contribution in [3.8, 4) is 0 Å². The summed E-state index contributed by atoms with van der Waals surface area (Å²) >= 11 is 5.95. The molecule has 19 heavy (non-hydrogen) atoms. The third kappa shape index (κ3) is 2.30. The van der Waals surface area contributed by atoms with Crippen LogP contribution < -0.4 is 5.32 Å². The molecule has 3 rings (SSSR count). The average Bonchev–Trinajstić information content (AvgIpc) is 3.08. The van der Waals surface area contributed by atoms with Gasteiger partial charge in [-0.2, -0.15) is 0 Å². The molecular weight excluding hydrogens is 261 g/mol. The third-order valence-corrected chi connectivity index (χ3v) is 5.05. The van der Waals surface area contributed by atoms with Gasteiger partial charge in [-0.15, -0.1) is 0 Å². The van der Waals surface area contributed by atoms with Crippen LogP contribution in [-0.4, -0.2) is 12.6 Å². The number of halogens is 2. The molecule has 1 aromatic carbocycles. The van der Waals surface area contributed by atoms with E-state index < -0.39 is 0 Å². The Morgan fingerprint density at radius 2 is 2.00 bits per heavy atom. The Hall–Kier alpha value is -0.600. The Balaban J connectivity index is 1.89. The lowest BCUT2D eigenvalue weighted by Crippen LogP contribution is -2.51. The molecule has 0 radical (unpaired) electrons. The minimum Gasteiger partial charge on any atom is -0.314 e. The van der Waals surface area contributed by atoms with Gasteiger partial charge in [0.15, 0.2) is 0 Å². The predicted molar refractivity (Wildman–Crippen MR) is 77.1 cm³/mol. The molecule has 1 spiro atoms. The van der Waals surface area contributed by atoms with Crippen LogP contribution in [0.3, 0.4) is 0 Å². The molecule has 2 aliphatic rings. The maximum absolute atomic E-state index is 14.4. The van der Waals surface area contributed by atoms with E-state index in [4.69, 9.17) is 11.6 Å². The largest absolute Gasteiger partial charge is 0.314 e. The van der Waals surface area contributed by atoms with E-state index in [0.717, 1.165) is 24.9 Å². The van der Waals surface area contributed by atoms with Crippen molar-refractivity contribution in [3.05, 3.63) is 34.6 Å². The zero-order chi connectivity index (χ0) is 13.7. The molecule has 0 saturated heterocycles. The highest BCUT2D eigenvalue weighted by Crippen LogP contribution is 2.69. The van der Waals surface area contributed by atoms with Gasteiger partial charge in [-0.25, -0.2) is 4.39 Å². The Bertz CT molecular complexity index is 486. The molecule has 2 saturated carbocycles. The van der Waals surface area contributed by atoms with Gasteiger partial charge in [-0.3, -0.25) is 0 Å². The average molecular weight is 282 g/mol. The first kappa shape index (κ1) is 13.4. The van der Waals surface area contributed by atoms with Gasteiger partial charge in [0.2, 0.25) is 0 Å². The van der Waals surface area contributed by atoms with Crippen LogP contribution in [0.25, 0.3) is 0 Å². The van der Waals surface area contributed by atoms with Crippen LogP contribution in [0.5, 0.6) is 0 Å². The highest BCUT2D eigenvalue weighted by molar-refractivity contribution is 6.30. The van der Waals surface area contributed by atoms with Crippen molar-refractivity contribution >= 4 is 11.6 Å². The predicted octanol–water partition coefficient (Wildman–Crippen LogP) is 4.29. The number of benzene rings is 1. The first-order valence-electron chi connectivity index (χ1n) is 7.14. The first-order chi connectivity index (χ1) is 8.96. The van der Waals surface area contributed by atoms with E-state index in [1.54, 1.807) is 6.07 Å². The minimum atomic E-state index is -0.217. The molecule has 104 valence electrons. The summed E-state index contributed by atoms with van der Waals surface area (Å²) in [4.78, 5) is 0. The van der Waals surface area contributed by atoms with Gasteiger partial charge < -0.3 is 5.32 Å². The fourth-order valence-corrected chi connectivity index (χ4v) is 3.81. The van der Waals surface area contributed by atoms with Crippen molar-refractivity contribution in [2.75, 3.05) is 6.54 Å². The summed E-state index contributed by atoms with van der Waals surface area (Å²) in [5, 5.41) is 3.74. The van der Waals surface area contributed by atoms with E-state index in [2.05, 4.69) is 19.2 Å². The van der Waals surface area contributed by atoms with E-state index in [1.807, 2.05) is 12.1 Å². The van der Waals surface area contributed by atoms with Gasteiger partial charge in [0.05, 0.1) is 5.02 Å². The topological polar surface area (TPSA) is 12.0 Å². The van der Waals surface area contributed by atoms with Crippen molar-refractivity contribution in [1.82, 2.24) is 5.32 Å². The highest BCUT2D eigenvalue weighted by Gasteiger charge is 2.61. The summed E-state index contributed by atoms with van der Waals surface area (Å²) in [6, 6.07) is 5.85. The Morgan fingerprint density at radius 1 is 1.32 bits per heavy atom. The van der Waals surface area contributed by atoms with Crippen LogP contribution in [0.15, 0.2) is 18.2 Å². The fourth-order valence-electron chi connectivity index (χ4n) is 3.64. The molecule has 0 aliphatic heterocycles. The van der Waals surface area contributed by atoms with E-state index in [0.29, 0.717) is 11.5 Å². The lowest BCUT2D eigenvalue weighted by Gasteiger charge is -2.50. The first-order valence-corrected chi connectivity index (χ1v) is 7.52. The van der Waals surface area contributed by atoms with Crippen LogP contribution in [0.4, 0.5) is 4.39 Å². The molecule has 2 aliphatic carbocycles. The second kappa shape index (κ2) is 4.46. The van der Waals surface area contributed by atoms with Crippen molar-refractivity contribution in [2.45, 2.75) is 51.0 Å². The Kier molecular flexibility index (Phi) is 3.14. The molecule has 0 bridgehead atoms. The summed E-state index contributed by atoms with van der Waals surface area (Å²) in [5.74, 6) is -0.217. The van der Waals surface area contributed by atoms with E-state index >= 15 is 0 Å². The van der Waals surface area contributed by atoms with E-state index in [-0.39, 0.29) is 16.3 Å². The molecule has 0 atom stereocenters. The number of hydrogen-bond acceptors (Lipinski definition) is 1. The lowest BCUT2D eigenvalue weighted by atomic mass is 9.56. The summed E-state index contributed by atoms with van der Waals surface area (Å²) in [6.07, 6.45) is 4.85. The molecule has 1 nitrogen and oxygen atoms in total. The van der Waals surface area contributed by atoms with Gasteiger partial charge in [-0.1, -0.05) is 37.6 Å². The monoisotopic (exact) mass is 281 g/mol. The van der Waals surface area contributed by atoms with Gasteiger partial charge >= 0.3 is 0 Å². The molecule has 1 aromatic rings. The van der Waals surface area contributed by atoms with Crippen molar-refractivity contribution < 1.29 is 4.39 Å². The van der Waals surface area contributed by atoms with Crippen molar-refractivity contribution in [2.24, 2.45) is 5.41 Å². The molecule has 2 fully saturated rings. The number of rotatable bonds is 4. The van der Waals surface area contributed by atoms with Crippen LogP contribution >= 0.6 is 11.6 Å². The molecule has 3 heteroatoms. The fraction of sp³-hybridized carbons (Fsp3) is 0.625. The molecule has 1 N–H and O–H groups in total. The Morgan fingerprint density at radius 3 is 2.58 bits per heavy atom. The van der Waals surface area contributed by atoms with Gasteiger partial charge in [-0.05, 0) is 42.7 Å². The second-order valence-electron chi connectivity index (χ2n) is 6.77. The zero-order valence-corrected chi connectivity index (χ0v) is 12.4. The summed E-state index contributed by atoms with van der Waals surface area (Å²) in [5.41, 5.74) is 1.30. The normalized spacial score (nSPS) is 22.6. The van der Waals surface area contributed by atoms with Crippen LogP contribution in [0.1, 0.15) is 45.1 Å². The Labute approximate surface area is 119 Å². The molecule has 0 aromatic heterocycles. The second-order valence-corrected chi connectivity index (χ2v) is 7.18. The third-order valence-electron chi connectivity index (χ3n) is 4.76. The molecule has 0 heterocycles. The van der Waals surface area contributed by atoms with Gasteiger partial charge in [0.25, 0.3) is 0 Å². The molecular formula is C16H21ClFN. The quantitative estimate of drug-likeness (QED) is 0.868. The van der Waals surface area contributed by atoms with Gasteiger partial charge in [0, 0.05) is 18.0 Å². The molecule has 0 unspecified atom stereocenters. The smallest absolute Gasteiger partial charge is 0.145 e. The van der Waals surface area contributed by atoms with E-state index in [9.17, 15) is 4.39 Å². The van der Waals surface area contributed by atoms with Crippen molar-refractivity contribution in [3.63, 3.8) is 0 Å². The van der Waals surface area contributed by atoms with Crippen LogP contribution in [-0.2, 0) is 5.41 Å². The maximum atomic E-state index is 14.4. The number of hydrogen-bond donors (Lipinski definition) is 1. The van der Waals surface area contributed by atoms with Crippen molar-refractivity contribution in [1.29, 1.82) is 0 Å². The maximum Gasteiger partial charge on any atom is 0.145 e. The summed E-state index contributed by atoms with van der Waals surface area (Å²) < 4.78 is 14.4. The zero-order valence-electron chi connectivity index (χ0n) is 11.6. The summed E-state index contributed by atoms with van der Waals surface area (Å²) in [6.45, 7) is 5.12.